The minimum atomic E-state index is -1.40. The Kier molecular flexibility index (Phi) is 9.11. The Morgan fingerprint density at radius 3 is 1.20 bits per heavy atom. The van der Waals surface area contributed by atoms with Gasteiger partial charge in [-0.3, -0.25) is 19.2 Å². The van der Waals surface area contributed by atoms with Crippen LogP contribution in [0.1, 0.15) is 27.7 Å². The zero-order chi connectivity index (χ0) is 19.7. The van der Waals surface area contributed by atoms with Crippen LogP contribution in [0.4, 0.5) is 0 Å². The first-order chi connectivity index (χ1) is 11.5. The number of hydrogen-bond acceptors (Lipinski definition) is 9. The number of esters is 4. The molecule has 144 valence electrons. The molecule has 0 aromatic rings. The monoisotopic (exact) mass is 362 g/mol. The summed E-state index contributed by atoms with van der Waals surface area (Å²) in [5, 5.41) is 0. The van der Waals surface area contributed by atoms with Crippen LogP contribution in [0.5, 0.6) is 0 Å². The predicted molar refractivity (Wildman–Crippen MR) is 84.3 cm³/mol. The molecule has 0 aliphatic rings. The van der Waals surface area contributed by atoms with Gasteiger partial charge in [0, 0.05) is 0 Å². The fourth-order valence-corrected chi connectivity index (χ4v) is 1.53. The topological polar surface area (TPSA) is 114 Å². The van der Waals surface area contributed by atoms with Gasteiger partial charge in [-0.1, -0.05) is 0 Å². The van der Waals surface area contributed by atoms with Gasteiger partial charge in [-0.05, 0) is 27.7 Å². The van der Waals surface area contributed by atoms with Gasteiger partial charge in [0.25, 0.3) is 0 Å². The first-order valence-corrected chi connectivity index (χ1v) is 7.60. The van der Waals surface area contributed by atoms with E-state index in [-0.39, 0.29) is 26.4 Å². The molecule has 9 heteroatoms. The summed E-state index contributed by atoms with van der Waals surface area (Å²) in [7, 11) is 2.37. The van der Waals surface area contributed by atoms with Crippen LogP contribution in [0.15, 0.2) is 0 Å². The third kappa shape index (κ3) is 6.69. The van der Waals surface area contributed by atoms with Crippen molar-refractivity contribution in [1.29, 1.82) is 0 Å². The zero-order valence-electron chi connectivity index (χ0n) is 15.5. The van der Waals surface area contributed by atoms with Crippen LogP contribution < -0.4 is 0 Å². The number of carbonyl (C=O) groups is 4. The van der Waals surface area contributed by atoms with E-state index in [1.807, 2.05) is 0 Å². The fraction of sp³-hybridized carbons (Fsp3) is 0.750. The maximum atomic E-state index is 11.8. The summed E-state index contributed by atoms with van der Waals surface area (Å²) in [6.07, 6.45) is 0. The molecule has 0 aromatic heterocycles. The molecule has 25 heavy (non-hydrogen) atoms. The van der Waals surface area contributed by atoms with Crippen molar-refractivity contribution >= 4 is 23.9 Å². The van der Waals surface area contributed by atoms with Crippen LogP contribution in [0, 0.1) is 10.8 Å². The minimum Gasteiger partial charge on any atom is -0.468 e. The van der Waals surface area contributed by atoms with E-state index < -0.39 is 34.7 Å². The van der Waals surface area contributed by atoms with Gasteiger partial charge < -0.3 is 23.7 Å². The van der Waals surface area contributed by atoms with Crippen LogP contribution in [-0.4, -0.2) is 64.5 Å². The highest BCUT2D eigenvalue weighted by Crippen LogP contribution is 2.19. The number of hydrogen-bond donors (Lipinski definition) is 0. The highest BCUT2D eigenvalue weighted by molar-refractivity contribution is 5.99. The molecule has 0 N–H and O–H groups in total. The summed E-state index contributed by atoms with van der Waals surface area (Å²) >= 11 is 0. The lowest BCUT2D eigenvalue weighted by molar-refractivity contribution is -0.169. The standard InChI is InChI=1S/C16H26O9/c1-15(2,11(17)21-5)13(19)24-9-7-23-8-10-25-14(20)16(3,4)12(18)22-6/h7-10H2,1-6H3. The second-order valence-corrected chi connectivity index (χ2v) is 6.12. The second kappa shape index (κ2) is 9.97. The first-order valence-electron chi connectivity index (χ1n) is 7.60. The van der Waals surface area contributed by atoms with Gasteiger partial charge in [0.05, 0.1) is 27.4 Å². The van der Waals surface area contributed by atoms with E-state index in [9.17, 15) is 19.2 Å². The molecule has 0 aliphatic carbocycles. The molecule has 0 saturated heterocycles. The normalized spacial score (nSPS) is 11.4. The molecule has 0 spiro atoms. The van der Waals surface area contributed by atoms with E-state index in [2.05, 4.69) is 9.47 Å². The van der Waals surface area contributed by atoms with Gasteiger partial charge in [-0.25, -0.2) is 0 Å². The molecule has 9 nitrogen and oxygen atoms in total. The molecule has 0 amide bonds. The molecule has 0 fully saturated rings. The summed E-state index contributed by atoms with van der Waals surface area (Å²) in [4.78, 5) is 46.4. The summed E-state index contributed by atoms with van der Waals surface area (Å²) in [6.45, 7) is 5.55. The molecule has 0 heterocycles. The highest BCUT2D eigenvalue weighted by Gasteiger charge is 2.39. The van der Waals surface area contributed by atoms with Crippen molar-refractivity contribution in [3.63, 3.8) is 0 Å². The number of carbonyl (C=O) groups excluding carboxylic acids is 4. The number of methoxy groups -OCH3 is 2. The van der Waals surface area contributed by atoms with Crippen LogP contribution in [0.3, 0.4) is 0 Å². The van der Waals surface area contributed by atoms with Crippen LogP contribution >= 0.6 is 0 Å². The Balaban J connectivity index is 3.99. The van der Waals surface area contributed by atoms with E-state index in [4.69, 9.17) is 14.2 Å². The first kappa shape index (κ1) is 22.8. The van der Waals surface area contributed by atoms with E-state index in [0.29, 0.717) is 0 Å². The SMILES string of the molecule is COC(=O)C(C)(C)C(=O)OCCOCCOC(=O)C(C)(C)C(=O)OC. The van der Waals surface area contributed by atoms with Crippen molar-refractivity contribution in [2.45, 2.75) is 27.7 Å². The lowest BCUT2D eigenvalue weighted by Gasteiger charge is -2.20. The lowest BCUT2D eigenvalue weighted by Crippen LogP contribution is -2.37. The van der Waals surface area contributed by atoms with Crippen molar-refractivity contribution < 1.29 is 42.9 Å². The quantitative estimate of drug-likeness (QED) is 0.237. The molecular formula is C16H26O9. The van der Waals surface area contributed by atoms with Crippen LogP contribution in [-0.2, 0) is 42.9 Å². The number of ether oxygens (including phenoxy) is 5. The highest BCUT2D eigenvalue weighted by atomic mass is 16.6. The van der Waals surface area contributed by atoms with E-state index in [0.717, 1.165) is 0 Å². The van der Waals surface area contributed by atoms with Gasteiger partial charge in [0.1, 0.15) is 13.2 Å². The molecular weight excluding hydrogens is 336 g/mol. The molecule has 0 rings (SSSR count). The summed E-state index contributed by atoms with van der Waals surface area (Å²) in [6, 6.07) is 0. The molecule has 0 radical (unpaired) electrons. The number of rotatable bonds is 10. The Morgan fingerprint density at radius 2 is 0.920 bits per heavy atom. The smallest absolute Gasteiger partial charge is 0.322 e. The summed E-state index contributed by atoms with van der Waals surface area (Å²) < 4.78 is 24.0. The van der Waals surface area contributed by atoms with Gasteiger partial charge in [0.15, 0.2) is 10.8 Å². The maximum Gasteiger partial charge on any atom is 0.322 e. The third-order valence-corrected chi connectivity index (χ3v) is 3.33. The van der Waals surface area contributed by atoms with Gasteiger partial charge in [0.2, 0.25) is 0 Å². The summed E-state index contributed by atoms with van der Waals surface area (Å²) in [5.74, 6) is -2.85. The Bertz CT molecular complexity index is 450. The van der Waals surface area contributed by atoms with Crippen molar-refractivity contribution in [1.82, 2.24) is 0 Å². The van der Waals surface area contributed by atoms with Crippen LogP contribution in [0.2, 0.25) is 0 Å². The Hall–Kier alpha value is -2.16. The molecule has 0 unspecified atom stereocenters. The molecule has 0 saturated carbocycles. The lowest BCUT2D eigenvalue weighted by atomic mass is 9.94. The van der Waals surface area contributed by atoms with Gasteiger partial charge in [-0.2, -0.15) is 0 Å². The molecule has 0 atom stereocenters. The molecule has 0 bridgehead atoms. The average Bonchev–Trinajstić information content (AvgIpc) is 2.58. The average molecular weight is 362 g/mol. The van der Waals surface area contributed by atoms with Crippen LogP contribution in [0.25, 0.3) is 0 Å². The van der Waals surface area contributed by atoms with E-state index in [1.165, 1.54) is 41.9 Å². The van der Waals surface area contributed by atoms with E-state index in [1.54, 1.807) is 0 Å². The van der Waals surface area contributed by atoms with E-state index >= 15 is 0 Å². The predicted octanol–water partition coefficient (Wildman–Crippen LogP) is 0.488. The Morgan fingerprint density at radius 1 is 0.600 bits per heavy atom. The van der Waals surface area contributed by atoms with Crippen molar-refractivity contribution in [2.24, 2.45) is 10.8 Å². The molecule has 0 aliphatic heterocycles. The largest absolute Gasteiger partial charge is 0.468 e. The fourth-order valence-electron chi connectivity index (χ4n) is 1.53. The van der Waals surface area contributed by atoms with Crippen molar-refractivity contribution in [3.05, 3.63) is 0 Å². The van der Waals surface area contributed by atoms with Crippen molar-refractivity contribution in [2.75, 3.05) is 40.6 Å². The maximum absolute atomic E-state index is 11.8. The van der Waals surface area contributed by atoms with Crippen molar-refractivity contribution in [3.8, 4) is 0 Å². The second-order valence-electron chi connectivity index (χ2n) is 6.12. The minimum absolute atomic E-state index is 0.0565. The zero-order valence-corrected chi connectivity index (χ0v) is 15.5. The third-order valence-electron chi connectivity index (χ3n) is 3.33. The summed E-state index contributed by atoms with van der Waals surface area (Å²) in [5.41, 5.74) is -2.80. The van der Waals surface area contributed by atoms with Gasteiger partial charge >= 0.3 is 23.9 Å². The Labute approximate surface area is 146 Å². The van der Waals surface area contributed by atoms with Gasteiger partial charge in [-0.15, -0.1) is 0 Å². The molecule has 0 aromatic carbocycles.